The smallest absolute Gasteiger partial charge is 0.303 e. The zero-order valence-electron chi connectivity index (χ0n) is 9.38. The molecular weight excluding hydrogens is 246 g/mol. The van der Waals surface area contributed by atoms with Gasteiger partial charge in [-0.05, 0) is 12.3 Å². The third kappa shape index (κ3) is 4.53. The summed E-state index contributed by atoms with van der Waals surface area (Å²) < 4.78 is 25.7. The predicted molar refractivity (Wildman–Crippen MR) is 59.8 cm³/mol. The van der Waals surface area contributed by atoms with E-state index in [0.717, 1.165) is 0 Å². The van der Waals surface area contributed by atoms with Crippen molar-refractivity contribution in [3.8, 4) is 0 Å². The number of hydrogen-bond acceptors (Lipinski definition) is 4. The molecule has 1 unspecified atom stereocenters. The van der Waals surface area contributed by atoms with Crippen LogP contribution in [0, 0.1) is 5.92 Å². The summed E-state index contributed by atoms with van der Waals surface area (Å²) in [6.45, 7) is 1.99. The van der Waals surface area contributed by atoms with Crippen molar-refractivity contribution in [1.82, 2.24) is 14.7 Å². The second kappa shape index (κ2) is 5.78. The molecule has 0 bridgehead atoms. The molecule has 0 fully saturated rings. The number of nitrogens with zero attached hydrogens (tertiary/aromatic N) is 1. The normalized spacial score (nSPS) is 13.5. The minimum atomic E-state index is -3.57. The number of aliphatic carboxylic acids is 1. The first-order valence-electron chi connectivity index (χ1n) is 5.11. The van der Waals surface area contributed by atoms with Crippen molar-refractivity contribution >= 4 is 16.0 Å². The number of rotatable bonds is 7. The Balaban J connectivity index is 2.43. The van der Waals surface area contributed by atoms with Gasteiger partial charge in [0.15, 0.2) is 5.03 Å². The van der Waals surface area contributed by atoms with Crippen LogP contribution in [0.25, 0.3) is 0 Å². The van der Waals surface area contributed by atoms with E-state index in [2.05, 4.69) is 14.7 Å². The van der Waals surface area contributed by atoms with Crippen LogP contribution in [0.1, 0.15) is 19.8 Å². The maximum Gasteiger partial charge on any atom is 0.303 e. The number of nitrogens with one attached hydrogen (secondary N) is 2. The van der Waals surface area contributed by atoms with Crippen molar-refractivity contribution < 1.29 is 18.3 Å². The average Bonchev–Trinajstić information content (AvgIpc) is 2.77. The second-order valence-corrected chi connectivity index (χ2v) is 5.54. The molecule has 1 atom stereocenters. The Labute approximate surface area is 99.3 Å². The Morgan fingerprint density at radius 2 is 2.35 bits per heavy atom. The molecule has 3 N–H and O–H groups in total. The summed E-state index contributed by atoms with van der Waals surface area (Å²) in [5.74, 6) is -0.919. The predicted octanol–water partition coefficient (Wildman–Crippen LogP) is 0.189. The zero-order valence-corrected chi connectivity index (χ0v) is 10.2. The molecule has 1 aromatic rings. The molecule has 0 saturated heterocycles. The van der Waals surface area contributed by atoms with Gasteiger partial charge >= 0.3 is 5.97 Å². The van der Waals surface area contributed by atoms with Crippen molar-refractivity contribution in [3.63, 3.8) is 0 Å². The molecule has 0 amide bonds. The fourth-order valence-corrected chi connectivity index (χ4v) is 2.26. The summed E-state index contributed by atoms with van der Waals surface area (Å²) in [7, 11) is -3.57. The van der Waals surface area contributed by atoms with Crippen LogP contribution in [0.2, 0.25) is 0 Å². The van der Waals surface area contributed by atoms with E-state index >= 15 is 0 Å². The van der Waals surface area contributed by atoms with Crippen molar-refractivity contribution in [2.24, 2.45) is 5.92 Å². The summed E-state index contributed by atoms with van der Waals surface area (Å²) in [6, 6.07) is 0. The summed E-state index contributed by atoms with van der Waals surface area (Å²) >= 11 is 0. The van der Waals surface area contributed by atoms with Gasteiger partial charge in [-0.3, -0.25) is 4.79 Å². The van der Waals surface area contributed by atoms with Crippen LogP contribution in [-0.2, 0) is 14.8 Å². The van der Waals surface area contributed by atoms with E-state index in [0.29, 0.717) is 6.42 Å². The van der Waals surface area contributed by atoms with Crippen LogP contribution in [-0.4, -0.2) is 36.0 Å². The van der Waals surface area contributed by atoms with Gasteiger partial charge in [-0.1, -0.05) is 6.92 Å². The molecule has 0 saturated carbocycles. The first-order chi connectivity index (χ1) is 7.92. The lowest BCUT2D eigenvalue weighted by molar-refractivity contribution is -0.137. The highest BCUT2D eigenvalue weighted by Crippen LogP contribution is 2.07. The first-order valence-corrected chi connectivity index (χ1v) is 6.60. The highest BCUT2D eigenvalue weighted by atomic mass is 32.2. The van der Waals surface area contributed by atoms with Crippen LogP contribution in [0.5, 0.6) is 0 Å². The van der Waals surface area contributed by atoms with E-state index in [1.807, 2.05) is 0 Å². The Kier molecular flexibility index (Phi) is 4.64. The van der Waals surface area contributed by atoms with Gasteiger partial charge in [0.1, 0.15) is 0 Å². The van der Waals surface area contributed by atoms with Crippen molar-refractivity contribution in [1.29, 1.82) is 0 Å². The minimum Gasteiger partial charge on any atom is -0.481 e. The Bertz CT molecular complexity index is 455. The van der Waals surface area contributed by atoms with Gasteiger partial charge in [0.25, 0.3) is 10.0 Å². The number of hydrogen-bond donors (Lipinski definition) is 3. The monoisotopic (exact) mass is 261 g/mol. The van der Waals surface area contributed by atoms with Crippen LogP contribution in [0.4, 0.5) is 0 Å². The van der Waals surface area contributed by atoms with E-state index in [-0.39, 0.29) is 23.9 Å². The van der Waals surface area contributed by atoms with E-state index in [9.17, 15) is 13.2 Å². The Morgan fingerprint density at radius 3 is 2.88 bits per heavy atom. The molecule has 17 heavy (non-hydrogen) atoms. The summed E-state index contributed by atoms with van der Waals surface area (Å²) in [5, 5.41) is 8.49. The number of carboxylic acid groups (broad SMARTS) is 1. The summed E-state index contributed by atoms with van der Waals surface area (Å²) in [4.78, 5) is 16.5. The molecule has 0 aliphatic carbocycles. The maximum atomic E-state index is 11.6. The lowest BCUT2D eigenvalue weighted by Gasteiger charge is -2.10. The van der Waals surface area contributed by atoms with Crippen LogP contribution in [0.3, 0.4) is 0 Å². The first kappa shape index (κ1) is 13.7. The topological polar surface area (TPSA) is 112 Å². The number of aromatic amines is 1. The maximum absolute atomic E-state index is 11.6. The van der Waals surface area contributed by atoms with Crippen LogP contribution < -0.4 is 4.72 Å². The summed E-state index contributed by atoms with van der Waals surface area (Å²) in [5.41, 5.74) is 0. The molecule has 0 aliphatic rings. The quantitative estimate of drug-likeness (QED) is 0.648. The van der Waals surface area contributed by atoms with Crippen molar-refractivity contribution in [2.45, 2.75) is 24.8 Å². The molecular formula is C9H15N3O4S. The van der Waals surface area contributed by atoms with Gasteiger partial charge in [-0.15, -0.1) is 0 Å². The van der Waals surface area contributed by atoms with Crippen molar-refractivity contribution in [2.75, 3.05) is 6.54 Å². The molecule has 7 nitrogen and oxygen atoms in total. The van der Waals surface area contributed by atoms with Gasteiger partial charge in [0, 0.05) is 13.0 Å². The number of aromatic nitrogens is 2. The molecule has 0 aromatic carbocycles. The Morgan fingerprint density at radius 1 is 1.65 bits per heavy atom. The average molecular weight is 261 g/mol. The fourth-order valence-electron chi connectivity index (χ4n) is 1.19. The molecule has 0 radical (unpaired) electrons. The molecule has 96 valence electrons. The zero-order chi connectivity index (χ0) is 12.9. The molecule has 1 aromatic heterocycles. The van der Waals surface area contributed by atoms with Crippen molar-refractivity contribution in [3.05, 3.63) is 12.5 Å². The summed E-state index contributed by atoms with van der Waals surface area (Å²) in [6.07, 6.45) is 2.96. The molecule has 0 aliphatic heterocycles. The Hall–Kier alpha value is -1.41. The highest BCUT2D eigenvalue weighted by molar-refractivity contribution is 7.89. The number of imidazole rings is 1. The SMILES string of the molecule is CC(CCC(=O)O)CNS(=O)(=O)c1cnc[nH]1. The van der Waals surface area contributed by atoms with E-state index in [4.69, 9.17) is 5.11 Å². The largest absolute Gasteiger partial charge is 0.481 e. The van der Waals surface area contributed by atoms with Crippen LogP contribution in [0.15, 0.2) is 17.6 Å². The van der Waals surface area contributed by atoms with Gasteiger partial charge in [0.2, 0.25) is 0 Å². The van der Waals surface area contributed by atoms with Crippen LogP contribution >= 0.6 is 0 Å². The van der Waals surface area contributed by atoms with Gasteiger partial charge in [-0.2, -0.15) is 0 Å². The third-order valence-electron chi connectivity index (χ3n) is 2.24. The van der Waals surface area contributed by atoms with E-state index in [1.54, 1.807) is 6.92 Å². The number of sulfonamides is 1. The third-order valence-corrected chi connectivity index (χ3v) is 3.58. The van der Waals surface area contributed by atoms with Gasteiger partial charge in [0.05, 0.1) is 12.5 Å². The highest BCUT2D eigenvalue weighted by Gasteiger charge is 2.16. The van der Waals surface area contributed by atoms with Gasteiger partial charge < -0.3 is 10.1 Å². The lowest BCUT2D eigenvalue weighted by atomic mass is 10.1. The number of H-pyrrole nitrogens is 1. The standard InChI is InChI=1S/C9H15N3O4S/c1-7(2-3-9(13)14)4-12-17(15,16)8-5-10-6-11-8/h5-7,12H,2-4H2,1H3,(H,10,11)(H,13,14). The number of carbonyl (C=O) groups is 1. The number of carboxylic acids is 1. The fraction of sp³-hybridized carbons (Fsp3) is 0.556. The molecule has 1 heterocycles. The minimum absolute atomic E-state index is 0.00272. The lowest BCUT2D eigenvalue weighted by Crippen LogP contribution is -2.28. The molecule has 8 heteroatoms. The van der Waals surface area contributed by atoms with E-state index < -0.39 is 16.0 Å². The molecule has 0 spiro atoms. The molecule has 1 rings (SSSR count). The second-order valence-electron chi connectivity index (χ2n) is 3.81. The van der Waals surface area contributed by atoms with Gasteiger partial charge in [-0.25, -0.2) is 18.1 Å². The van der Waals surface area contributed by atoms with E-state index in [1.165, 1.54) is 12.5 Å².